The van der Waals surface area contributed by atoms with Gasteiger partial charge in [0.15, 0.2) is 5.75 Å². The first-order valence-electron chi connectivity index (χ1n) is 6.73. The Morgan fingerprint density at radius 2 is 2.10 bits per heavy atom. The van der Waals surface area contributed by atoms with E-state index in [0.29, 0.717) is 17.5 Å². The molecule has 0 radical (unpaired) electrons. The van der Waals surface area contributed by atoms with Gasteiger partial charge in [-0.2, -0.15) is 0 Å². The van der Waals surface area contributed by atoms with E-state index in [1.54, 1.807) is 6.07 Å². The molecule has 21 heavy (non-hydrogen) atoms. The van der Waals surface area contributed by atoms with Crippen molar-refractivity contribution >= 4 is 16.9 Å². The number of phenols is 1. The number of nitrogens with one attached hydrogen (secondary N) is 1. The van der Waals surface area contributed by atoms with Gasteiger partial charge in [-0.25, -0.2) is 0 Å². The molecule has 112 valence electrons. The van der Waals surface area contributed by atoms with Crippen LogP contribution in [0.2, 0.25) is 0 Å². The van der Waals surface area contributed by atoms with Gasteiger partial charge in [0.05, 0.1) is 12.1 Å². The van der Waals surface area contributed by atoms with E-state index in [0.717, 1.165) is 12.8 Å². The average molecular weight is 291 g/mol. The summed E-state index contributed by atoms with van der Waals surface area (Å²) in [7, 11) is 0. The fourth-order valence-electron chi connectivity index (χ4n) is 1.94. The van der Waals surface area contributed by atoms with Gasteiger partial charge in [-0.3, -0.25) is 9.59 Å². The summed E-state index contributed by atoms with van der Waals surface area (Å²) >= 11 is 0. The fraction of sp³-hybridized carbons (Fsp3) is 0.333. The number of fused-ring (bicyclic) bond motifs is 1. The van der Waals surface area contributed by atoms with Gasteiger partial charge >= 0.3 is 5.97 Å². The molecule has 2 N–H and O–H groups in total. The number of H-pyrrole nitrogens is 1. The maximum absolute atomic E-state index is 12.0. The Kier molecular flexibility index (Phi) is 4.47. The minimum absolute atomic E-state index is 0.0258. The van der Waals surface area contributed by atoms with E-state index < -0.39 is 11.5 Å². The van der Waals surface area contributed by atoms with E-state index in [1.807, 2.05) is 6.92 Å². The topological polar surface area (TPSA) is 88.6 Å². The van der Waals surface area contributed by atoms with Crippen molar-refractivity contribution in [2.75, 3.05) is 6.61 Å². The van der Waals surface area contributed by atoms with Crippen LogP contribution in [0.5, 0.6) is 17.2 Å². The van der Waals surface area contributed by atoms with Crippen LogP contribution in [0.3, 0.4) is 0 Å². The molecule has 0 aliphatic heterocycles. The molecule has 0 aliphatic carbocycles. The van der Waals surface area contributed by atoms with Crippen molar-refractivity contribution < 1.29 is 19.4 Å². The molecule has 0 spiro atoms. The number of phenolic OH excluding ortho intramolecular Hbond substituents is 1. The lowest BCUT2D eigenvalue weighted by Gasteiger charge is -2.13. The van der Waals surface area contributed by atoms with Crippen LogP contribution in [0.1, 0.15) is 26.7 Å². The largest absolute Gasteiger partial charge is 0.508 e. The van der Waals surface area contributed by atoms with Crippen LogP contribution in [0, 0.1) is 0 Å². The lowest BCUT2D eigenvalue weighted by atomic mass is 10.2. The number of aromatic nitrogens is 1. The first kappa shape index (κ1) is 14.9. The van der Waals surface area contributed by atoms with E-state index in [9.17, 15) is 14.7 Å². The van der Waals surface area contributed by atoms with Crippen molar-refractivity contribution in [1.82, 2.24) is 4.98 Å². The Hall–Kier alpha value is -2.50. The zero-order chi connectivity index (χ0) is 15.4. The highest BCUT2D eigenvalue weighted by Crippen LogP contribution is 2.33. The summed E-state index contributed by atoms with van der Waals surface area (Å²) in [6, 6.07) is 4.50. The fourth-order valence-corrected chi connectivity index (χ4v) is 1.94. The quantitative estimate of drug-likeness (QED) is 0.652. The average Bonchev–Trinajstić information content (AvgIpc) is 2.41. The number of ether oxygens (including phenoxy) is 2. The van der Waals surface area contributed by atoms with Crippen molar-refractivity contribution in [3.63, 3.8) is 0 Å². The number of unbranched alkanes of at least 4 members (excludes halogenated alkanes) is 1. The lowest BCUT2D eigenvalue weighted by molar-refractivity contribution is -0.132. The number of pyridine rings is 1. The Labute approximate surface area is 121 Å². The lowest BCUT2D eigenvalue weighted by Crippen LogP contribution is -2.16. The van der Waals surface area contributed by atoms with Crippen LogP contribution in [0.15, 0.2) is 23.0 Å². The molecule has 6 heteroatoms. The van der Waals surface area contributed by atoms with E-state index in [2.05, 4.69) is 4.98 Å². The van der Waals surface area contributed by atoms with Crippen molar-refractivity contribution in [2.24, 2.45) is 0 Å². The normalized spacial score (nSPS) is 10.6. The third-order valence-corrected chi connectivity index (χ3v) is 2.90. The number of aromatic hydroxyl groups is 1. The number of hydrogen-bond acceptors (Lipinski definition) is 5. The second-order valence-corrected chi connectivity index (χ2v) is 4.64. The molecule has 6 nitrogen and oxygen atoms in total. The van der Waals surface area contributed by atoms with Gasteiger partial charge in [0.2, 0.25) is 5.75 Å². The smallest absolute Gasteiger partial charge is 0.308 e. The third-order valence-electron chi connectivity index (χ3n) is 2.90. The zero-order valence-electron chi connectivity index (χ0n) is 11.9. The van der Waals surface area contributed by atoms with E-state index in [1.165, 1.54) is 19.1 Å². The SMILES string of the molecule is CCCCOc1c(OC(C)=O)c(=O)[nH]c2cc(O)ccc12. The molecule has 1 heterocycles. The van der Waals surface area contributed by atoms with Crippen molar-refractivity contribution in [1.29, 1.82) is 0 Å². The standard InChI is InChI=1S/C15H17NO5/c1-3-4-7-20-13-11-6-5-10(18)8-12(11)16-15(19)14(13)21-9(2)17/h5-6,8,18H,3-4,7H2,1-2H3,(H,16,19). The summed E-state index contributed by atoms with van der Waals surface area (Å²) in [6.45, 7) is 3.64. The first-order chi connectivity index (χ1) is 10.0. The minimum Gasteiger partial charge on any atom is -0.508 e. The first-order valence-corrected chi connectivity index (χ1v) is 6.73. The molecule has 0 bridgehead atoms. The summed E-state index contributed by atoms with van der Waals surface area (Å²) in [5, 5.41) is 10.1. The summed E-state index contributed by atoms with van der Waals surface area (Å²) in [5.74, 6) is -0.508. The van der Waals surface area contributed by atoms with Crippen LogP contribution in [0.25, 0.3) is 10.9 Å². The second kappa shape index (κ2) is 6.30. The van der Waals surface area contributed by atoms with Crippen LogP contribution >= 0.6 is 0 Å². The molecule has 0 unspecified atom stereocenters. The number of carbonyl (C=O) groups is 1. The molecule has 2 aromatic rings. The summed E-state index contributed by atoms with van der Waals surface area (Å²) in [6.07, 6.45) is 1.75. The highest BCUT2D eigenvalue weighted by atomic mass is 16.6. The molecular weight excluding hydrogens is 274 g/mol. The number of carbonyl (C=O) groups excluding carboxylic acids is 1. The van der Waals surface area contributed by atoms with Crippen LogP contribution in [-0.4, -0.2) is 22.7 Å². The van der Waals surface area contributed by atoms with Gasteiger partial charge in [-0.1, -0.05) is 13.3 Å². The zero-order valence-corrected chi connectivity index (χ0v) is 11.9. The van der Waals surface area contributed by atoms with Crippen molar-refractivity contribution in [2.45, 2.75) is 26.7 Å². The van der Waals surface area contributed by atoms with E-state index in [4.69, 9.17) is 9.47 Å². The predicted octanol–water partition coefficient (Wildman–Crippen LogP) is 2.34. The number of rotatable bonds is 5. The van der Waals surface area contributed by atoms with Crippen LogP contribution in [0.4, 0.5) is 0 Å². The molecular formula is C15H17NO5. The van der Waals surface area contributed by atoms with Crippen LogP contribution in [-0.2, 0) is 4.79 Å². The summed E-state index contributed by atoms with van der Waals surface area (Å²) < 4.78 is 10.6. The Balaban J connectivity index is 2.60. The van der Waals surface area contributed by atoms with Gasteiger partial charge in [0.1, 0.15) is 5.75 Å². The maximum Gasteiger partial charge on any atom is 0.308 e. The highest BCUT2D eigenvalue weighted by molar-refractivity contribution is 5.89. The van der Waals surface area contributed by atoms with Crippen molar-refractivity contribution in [3.05, 3.63) is 28.6 Å². The molecule has 1 aromatic carbocycles. The van der Waals surface area contributed by atoms with E-state index >= 15 is 0 Å². The van der Waals surface area contributed by atoms with E-state index in [-0.39, 0.29) is 17.2 Å². The molecule has 0 fully saturated rings. The van der Waals surface area contributed by atoms with Gasteiger partial charge in [0.25, 0.3) is 5.56 Å². The van der Waals surface area contributed by atoms with Gasteiger partial charge < -0.3 is 19.6 Å². The van der Waals surface area contributed by atoms with Gasteiger partial charge in [-0.15, -0.1) is 0 Å². The predicted molar refractivity (Wildman–Crippen MR) is 77.9 cm³/mol. The molecule has 0 aliphatic rings. The Morgan fingerprint density at radius 1 is 1.33 bits per heavy atom. The molecule has 2 rings (SSSR count). The second-order valence-electron chi connectivity index (χ2n) is 4.64. The number of aromatic amines is 1. The molecule has 0 saturated heterocycles. The molecule has 0 saturated carbocycles. The molecule has 1 aromatic heterocycles. The maximum atomic E-state index is 12.0. The molecule has 0 amide bonds. The number of benzene rings is 1. The highest BCUT2D eigenvalue weighted by Gasteiger charge is 2.17. The number of esters is 1. The van der Waals surface area contributed by atoms with Crippen LogP contribution < -0.4 is 15.0 Å². The minimum atomic E-state index is -0.598. The monoisotopic (exact) mass is 291 g/mol. The Bertz CT molecular complexity index is 720. The van der Waals surface area contributed by atoms with Gasteiger partial charge in [0, 0.05) is 18.4 Å². The summed E-state index contributed by atoms with van der Waals surface area (Å²) in [4.78, 5) is 25.8. The van der Waals surface area contributed by atoms with Crippen molar-refractivity contribution in [3.8, 4) is 17.2 Å². The number of hydrogen-bond donors (Lipinski definition) is 2. The van der Waals surface area contributed by atoms with Gasteiger partial charge in [-0.05, 0) is 18.6 Å². The molecule has 0 atom stereocenters. The summed E-state index contributed by atoms with van der Waals surface area (Å²) in [5.41, 5.74) is -0.155. The third kappa shape index (κ3) is 3.34. The Morgan fingerprint density at radius 3 is 2.76 bits per heavy atom.